The summed E-state index contributed by atoms with van der Waals surface area (Å²) in [7, 11) is 3.13. The largest absolute Gasteiger partial charge is 0.469 e. The first kappa shape index (κ1) is 16.7. The summed E-state index contributed by atoms with van der Waals surface area (Å²) in [5, 5.41) is 0. The first-order valence-corrected chi connectivity index (χ1v) is 6.99. The number of likely N-dealkylation sites (N-methyl/N-ethyl adjacent to an activating group) is 1. The van der Waals surface area contributed by atoms with Crippen LogP contribution < -0.4 is 0 Å². The highest BCUT2D eigenvalue weighted by atomic mass is 16.5. The van der Waals surface area contributed by atoms with Gasteiger partial charge in [0, 0.05) is 19.7 Å². The summed E-state index contributed by atoms with van der Waals surface area (Å²) in [4.78, 5) is 14.3. The first-order chi connectivity index (χ1) is 9.63. The fourth-order valence-electron chi connectivity index (χ4n) is 2.35. The molecule has 0 aliphatic heterocycles. The lowest BCUT2D eigenvalue weighted by atomic mass is 9.98. The van der Waals surface area contributed by atoms with Crippen LogP contribution in [0.1, 0.15) is 25.3 Å². The monoisotopic (exact) mass is 279 g/mol. The maximum atomic E-state index is 12.1. The van der Waals surface area contributed by atoms with E-state index in [0.29, 0.717) is 13.2 Å². The fraction of sp³-hybridized carbons (Fsp3) is 0.562. The lowest BCUT2D eigenvalue weighted by Gasteiger charge is -2.30. The van der Waals surface area contributed by atoms with Gasteiger partial charge in [0.25, 0.3) is 0 Å². The van der Waals surface area contributed by atoms with Gasteiger partial charge in [0.05, 0.1) is 19.6 Å². The fourth-order valence-corrected chi connectivity index (χ4v) is 2.35. The van der Waals surface area contributed by atoms with Crippen LogP contribution in [-0.2, 0) is 14.3 Å². The normalized spacial score (nSPS) is 14.1. The van der Waals surface area contributed by atoms with Crippen LogP contribution in [0.4, 0.5) is 0 Å². The van der Waals surface area contributed by atoms with Crippen molar-refractivity contribution in [1.29, 1.82) is 0 Å². The third-order valence-corrected chi connectivity index (χ3v) is 3.54. The zero-order valence-corrected chi connectivity index (χ0v) is 12.8. The van der Waals surface area contributed by atoms with E-state index in [1.165, 1.54) is 7.11 Å². The van der Waals surface area contributed by atoms with Gasteiger partial charge in [-0.1, -0.05) is 37.3 Å². The smallest absolute Gasteiger partial charge is 0.314 e. The zero-order valence-electron chi connectivity index (χ0n) is 12.8. The Bertz CT molecular complexity index is 394. The molecule has 0 radical (unpaired) electrons. The molecule has 2 atom stereocenters. The maximum Gasteiger partial charge on any atom is 0.314 e. The molecular formula is C16H25NO3. The molecule has 0 aromatic heterocycles. The van der Waals surface area contributed by atoms with Crippen LogP contribution in [-0.4, -0.2) is 50.8 Å². The van der Waals surface area contributed by atoms with Crippen LogP contribution in [0, 0.1) is 0 Å². The number of benzene rings is 1. The van der Waals surface area contributed by atoms with Gasteiger partial charge >= 0.3 is 5.97 Å². The Morgan fingerprint density at radius 3 is 2.40 bits per heavy atom. The third-order valence-electron chi connectivity index (χ3n) is 3.54. The quantitative estimate of drug-likeness (QED) is 0.684. The predicted octanol–water partition coefficient (Wildman–Crippen LogP) is 2.30. The summed E-state index contributed by atoms with van der Waals surface area (Å²) >= 11 is 0. The Balaban J connectivity index is 2.86. The molecule has 0 saturated carbocycles. The maximum absolute atomic E-state index is 12.1. The lowest BCUT2D eigenvalue weighted by molar-refractivity contribution is -0.143. The number of methoxy groups -OCH3 is 2. The van der Waals surface area contributed by atoms with Gasteiger partial charge in [0.1, 0.15) is 0 Å². The highest BCUT2D eigenvalue weighted by Crippen LogP contribution is 2.19. The van der Waals surface area contributed by atoms with Crippen molar-refractivity contribution in [3.05, 3.63) is 35.9 Å². The van der Waals surface area contributed by atoms with Crippen molar-refractivity contribution in [2.75, 3.05) is 33.9 Å². The van der Waals surface area contributed by atoms with Crippen molar-refractivity contribution in [1.82, 2.24) is 4.90 Å². The summed E-state index contributed by atoms with van der Waals surface area (Å²) in [6.45, 7) is 6.34. The highest BCUT2D eigenvalue weighted by molar-refractivity contribution is 5.78. The Hall–Kier alpha value is -1.39. The molecule has 1 rings (SSSR count). The van der Waals surface area contributed by atoms with Crippen molar-refractivity contribution in [2.24, 2.45) is 0 Å². The highest BCUT2D eigenvalue weighted by Gasteiger charge is 2.25. The number of nitrogens with zero attached hydrogens (tertiary/aromatic N) is 1. The van der Waals surface area contributed by atoms with Crippen molar-refractivity contribution in [2.45, 2.75) is 25.8 Å². The van der Waals surface area contributed by atoms with Crippen molar-refractivity contribution in [3.63, 3.8) is 0 Å². The number of ether oxygens (including phenoxy) is 2. The lowest BCUT2D eigenvalue weighted by Crippen LogP contribution is -2.40. The Morgan fingerprint density at radius 1 is 1.25 bits per heavy atom. The third kappa shape index (κ3) is 4.62. The number of hydrogen-bond donors (Lipinski definition) is 0. The Kier molecular flexibility index (Phi) is 7.26. The summed E-state index contributed by atoms with van der Waals surface area (Å²) in [5.41, 5.74) is 0.988. The number of rotatable bonds is 8. The Morgan fingerprint density at radius 2 is 1.90 bits per heavy atom. The van der Waals surface area contributed by atoms with Gasteiger partial charge in [-0.05, 0) is 19.0 Å². The topological polar surface area (TPSA) is 38.8 Å². The van der Waals surface area contributed by atoms with Gasteiger partial charge in [-0.3, -0.25) is 9.69 Å². The molecule has 0 spiro atoms. The average molecular weight is 279 g/mol. The van der Waals surface area contributed by atoms with E-state index in [2.05, 4.69) is 18.7 Å². The minimum absolute atomic E-state index is 0.195. The Labute approximate surface area is 121 Å². The van der Waals surface area contributed by atoms with Crippen LogP contribution in [0.3, 0.4) is 0 Å². The van der Waals surface area contributed by atoms with Gasteiger partial charge in [-0.25, -0.2) is 0 Å². The van der Waals surface area contributed by atoms with E-state index in [0.717, 1.165) is 12.1 Å². The van der Waals surface area contributed by atoms with E-state index in [-0.39, 0.29) is 17.9 Å². The minimum Gasteiger partial charge on any atom is -0.469 e. The molecular weight excluding hydrogens is 254 g/mol. The SMILES string of the molecule is CCN(CC(C(=O)OC)c1ccccc1)C(C)COC. The molecule has 0 aliphatic carbocycles. The van der Waals surface area contributed by atoms with E-state index in [4.69, 9.17) is 9.47 Å². The molecule has 0 bridgehead atoms. The first-order valence-electron chi connectivity index (χ1n) is 6.99. The standard InChI is InChI=1S/C16H25NO3/c1-5-17(13(2)12-19-3)11-15(16(18)20-4)14-9-7-6-8-10-14/h6-10,13,15H,5,11-12H2,1-4H3. The summed E-state index contributed by atoms with van der Waals surface area (Å²) in [5.74, 6) is -0.459. The average Bonchev–Trinajstić information content (AvgIpc) is 2.48. The zero-order chi connectivity index (χ0) is 15.0. The van der Waals surface area contributed by atoms with Crippen LogP contribution in [0.15, 0.2) is 30.3 Å². The van der Waals surface area contributed by atoms with Crippen molar-refractivity contribution >= 4 is 5.97 Å². The van der Waals surface area contributed by atoms with E-state index in [1.807, 2.05) is 30.3 Å². The number of carbonyl (C=O) groups is 1. The van der Waals surface area contributed by atoms with Gasteiger partial charge < -0.3 is 9.47 Å². The number of hydrogen-bond acceptors (Lipinski definition) is 4. The second-order valence-corrected chi connectivity index (χ2v) is 4.88. The molecule has 4 nitrogen and oxygen atoms in total. The molecule has 0 heterocycles. The second-order valence-electron chi connectivity index (χ2n) is 4.88. The van der Waals surface area contributed by atoms with Gasteiger partial charge in [-0.2, -0.15) is 0 Å². The molecule has 1 aromatic rings. The molecule has 0 saturated heterocycles. The summed E-state index contributed by atoms with van der Waals surface area (Å²) in [6, 6.07) is 10.0. The number of carbonyl (C=O) groups excluding carboxylic acids is 1. The van der Waals surface area contributed by atoms with E-state index < -0.39 is 0 Å². The number of esters is 1. The van der Waals surface area contributed by atoms with Gasteiger partial charge in [0.15, 0.2) is 0 Å². The molecule has 112 valence electrons. The second kappa shape index (κ2) is 8.72. The molecule has 0 amide bonds. The van der Waals surface area contributed by atoms with Gasteiger partial charge in [0.2, 0.25) is 0 Å². The molecule has 0 N–H and O–H groups in total. The van der Waals surface area contributed by atoms with E-state index >= 15 is 0 Å². The molecule has 20 heavy (non-hydrogen) atoms. The van der Waals surface area contributed by atoms with E-state index in [9.17, 15) is 4.79 Å². The van der Waals surface area contributed by atoms with E-state index in [1.54, 1.807) is 7.11 Å². The molecule has 1 aromatic carbocycles. The van der Waals surface area contributed by atoms with Crippen LogP contribution in [0.25, 0.3) is 0 Å². The molecule has 0 aliphatic rings. The minimum atomic E-state index is -0.263. The van der Waals surface area contributed by atoms with Crippen LogP contribution >= 0.6 is 0 Å². The van der Waals surface area contributed by atoms with Crippen molar-refractivity contribution < 1.29 is 14.3 Å². The van der Waals surface area contributed by atoms with Gasteiger partial charge in [-0.15, -0.1) is 0 Å². The summed E-state index contributed by atoms with van der Waals surface area (Å²) < 4.78 is 10.2. The molecule has 0 fully saturated rings. The van der Waals surface area contributed by atoms with Crippen LogP contribution in [0.2, 0.25) is 0 Å². The summed E-state index contributed by atoms with van der Waals surface area (Å²) in [6.07, 6.45) is 0. The predicted molar refractivity (Wildman–Crippen MR) is 79.8 cm³/mol. The van der Waals surface area contributed by atoms with Crippen LogP contribution in [0.5, 0.6) is 0 Å². The molecule has 4 heteroatoms. The van der Waals surface area contributed by atoms with Crippen molar-refractivity contribution in [3.8, 4) is 0 Å². The molecule has 2 unspecified atom stereocenters.